The molecule has 8 heteroatoms. The van der Waals surface area contributed by atoms with Crippen LogP contribution in [0.15, 0.2) is 42.5 Å². The summed E-state index contributed by atoms with van der Waals surface area (Å²) in [5, 5.41) is 2.66. The molecule has 1 fully saturated rings. The smallest absolute Gasteiger partial charge is 0.338 e. The van der Waals surface area contributed by atoms with Crippen LogP contribution in [0.4, 0.5) is 20.2 Å². The first kappa shape index (κ1) is 19.5. The molecule has 2 aromatic rings. The lowest BCUT2D eigenvalue weighted by atomic mass is 10.1. The van der Waals surface area contributed by atoms with E-state index in [1.807, 2.05) is 0 Å². The van der Waals surface area contributed by atoms with Crippen molar-refractivity contribution in [1.82, 2.24) is 0 Å². The molecule has 1 heterocycles. The number of ether oxygens (including phenoxy) is 1. The van der Waals surface area contributed by atoms with Crippen LogP contribution in [-0.4, -0.2) is 30.9 Å². The summed E-state index contributed by atoms with van der Waals surface area (Å²) < 4.78 is 32.0. The number of benzene rings is 2. The fourth-order valence-electron chi connectivity index (χ4n) is 3.00. The zero-order valence-electron chi connectivity index (χ0n) is 15.1. The number of hydrogen-bond donors (Lipinski definition) is 1. The number of hydrogen-bond acceptors (Lipinski definition) is 4. The third kappa shape index (κ3) is 4.16. The largest absolute Gasteiger partial charge is 0.462 e. The highest BCUT2D eigenvalue weighted by Crippen LogP contribution is 2.28. The number of amides is 2. The summed E-state index contributed by atoms with van der Waals surface area (Å²) in [5.41, 5.74) is 0.609. The minimum Gasteiger partial charge on any atom is -0.462 e. The van der Waals surface area contributed by atoms with E-state index in [0.717, 1.165) is 11.0 Å². The van der Waals surface area contributed by atoms with E-state index >= 15 is 0 Å². The van der Waals surface area contributed by atoms with E-state index < -0.39 is 35.3 Å². The van der Waals surface area contributed by atoms with Crippen LogP contribution < -0.4 is 10.2 Å². The Morgan fingerprint density at radius 2 is 2.00 bits per heavy atom. The van der Waals surface area contributed by atoms with Crippen molar-refractivity contribution in [3.05, 3.63) is 59.7 Å². The molecule has 0 aliphatic carbocycles. The fourth-order valence-corrected chi connectivity index (χ4v) is 3.00. The predicted octanol–water partition coefficient (Wildman–Crippen LogP) is 3.13. The van der Waals surface area contributed by atoms with Gasteiger partial charge >= 0.3 is 5.97 Å². The zero-order chi connectivity index (χ0) is 20.3. The highest BCUT2D eigenvalue weighted by atomic mass is 19.1. The molecule has 2 aromatic carbocycles. The number of rotatable bonds is 5. The molecule has 0 aromatic heterocycles. The molecule has 0 radical (unpaired) electrons. The topological polar surface area (TPSA) is 75.7 Å². The molecule has 1 N–H and O–H groups in total. The first-order valence-corrected chi connectivity index (χ1v) is 8.72. The van der Waals surface area contributed by atoms with E-state index in [2.05, 4.69) is 5.32 Å². The lowest BCUT2D eigenvalue weighted by Gasteiger charge is -2.17. The van der Waals surface area contributed by atoms with E-state index in [4.69, 9.17) is 4.74 Å². The monoisotopic (exact) mass is 388 g/mol. The summed E-state index contributed by atoms with van der Waals surface area (Å²) in [4.78, 5) is 37.7. The first-order chi connectivity index (χ1) is 13.4. The van der Waals surface area contributed by atoms with E-state index in [1.54, 1.807) is 25.1 Å². The Morgan fingerprint density at radius 3 is 2.71 bits per heavy atom. The highest BCUT2D eigenvalue weighted by Gasteiger charge is 2.36. The van der Waals surface area contributed by atoms with Crippen molar-refractivity contribution in [1.29, 1.82) is 0 Å². The van der Waals surface area contributed by atoms with Crippen LogP contribution in [0.3, 0.4) is 0 Å². The molecule has 0 saturated carbocycles. The molecule has 146 valence electrons. The summed E-state index contributed by atoms with van der Waals surface area (Å²) in [7, 11) is 0. The number of carbonyl (C=O) groups is 3. The van der Waals surface area contributed by atoms with Crippen LogP contribution in [0, 0.1) is 17.6 Å². The normalized spacial score (nSPS) is 16.2. The van der Waals surface area contributed by atoms with Gasteiger partial charge in [0.05, 0.1) is 23.8 Å². The Morgan fingerprint density at radius 1 is 1.21 bits per heavy atom. The fraction of sp³-hybridized carbons (Fsp3) is 0.250. The molecular formula is C20H18F2N2O4. The van der Waals surface area contributed by atoms with Crippen LogP contribution >= 0.6 is 0 Å². The Balaban J connectivity index is 1.70. The number of carbonyl (C=O) groups excluding carboxylic acids is 3. The number of nitrogens with zero attached hydrogens (tertiary/aromatic N) is 1. The maximum atomic E-state index is 14.0. The van der Waals surface area contributed by atoms with E-state index in [-0.39, 0.29) is 30.8 Å². The average molecular weight is 388 g/mol. The number of esters is 1. The van der Waals surface area contributed by atoms with Gasteiger partial charge in [-0.25, -0.2) is 13.6 Å². The second-order valence-electron chi connectivity index (χ2n) is 6.29. The number of anilines is 2. The quantitative estimate of drug-likeness (QED) is 0.799. The van der Waals surface area contributed by atoms with Crippen molar-refractivity contribution in [2.45, 2.75) is 13.3 Å². The van der Waals surface area contributed by atoms with Gasteiger partial charge in [-0.05, 0) is 37.3 Å². The SMILES string of the molecule is CCOC(=O)c1cccc(NC(=O)C2CC(=O)N(c3ccc(F)cc3F)C2)c1. The summed E-state index contributed by atoms with van der Waals surface area (Å²) in [6, 6.07) is 9.16. The van der Waals surface area contributed by atoms with Crippen LogP contribution in [0.5, 0.6) is 0 Å². The van der Waals surface area contributed by atoms with Crippen LogP contribution in [-0.2, 0) is 14.3 Å². The van der Waals surface area contributed by atoms with E-state index in [1.165, 1.54) is 12.1 Å². The second kappa shape index (κ2) is 8.16. The van der Waals surface area contributed by atoms with Gasteiger partial charge in [-0.2, -0.15) is 0 Å². The summed E-state index contributed by atoms with van der Waals surface area (Å²) in [6.07, 6.45) is -0.0970. The Labute approximate surface area is 160 Å². The molecule has 1 saturated heterocycles. The van der Waals surface area contributed by atoms with Crippen LogP contribution in [0.25, 0.3) is 0 Å². The summed E-state index contributed by atoms with van der Waals surface area (Å²) in [5.74, 6) is -3.68. The zero-order valence-corrected chi connectivity index (χ0v) is 15.1. The molecule has 1 atom stereocenters. The molecule has 6 nitrogen and oxygen atoms in total. The van der Waals surface area contributed by atoms with Gasteiger partial charge in [0.25, 0.3) is 0 Å². The highest BCUT2D eigenvalue weighted by molar-refractivity contribution is 6.04. The molecule has 1 unspecified atom stereocenters. The van der Waals surface area contributed by atoms with E-state index in [0.29, 0.717) is 11.8 Å². The first-order valence-electron chi connectivity index (χ1n) is 8.72. The number of nitrogens with one attached hydrogen (secondary N) is 1. The summed E-state index contributed by atoms with van der Waals surface area (Å²) in [6.45, 7) is 1.90. The minimum absolute atomic E-state index is 0.0230. The maximum absolute atomic E-state index is 14.0. The standard InChI is InChI=1S/C20H18F2N2O4/c1-2-28-20(27)12-4-3-5-15(8-12)23-19(26)13-9-18(25)24(11-13)17-7-6-14(21)10-16(17)22/h3-8,10,13H,2,9,11H2,1H3,(H,23,26). The molecular weight excluding hydrogens is 370 g/mol. The molecule has 1 aliphatic rings. The van der Waals surface area contributed by atoms with Crippen molar-refractivity contribution in [3.8, 4) is 0 Å². The third-order valence-corrected chi connectivity index (χ3v) is 4.34. The maximum Gasteiger partial charge on any atom is 0.338 e. The van der Waals surface area contributed by atoms with Gasteiger partial charge in [0.1, 0.15) is 11.6 Å². The van der Waals surface area contributed by atoms with Crippen molar-refractivity contribution in [2.75, 3.05) is 23.4 Å². The van der Waals surface area contributed by atoms with E-state index in [9.17, 15) is 23.2 Å². The van der Waals surface area contributed by atoms with Crippen LogP contribution in [0.1, 0.15) is 23.7 Å². The lowest BCUT2D eigenvalue weighted by molar-refractivity contribution is -0.122. The summed E-state index contributed by atoms with van der Waals surface area (Å²) >= 11 is 0. The molecule has 1 aliphatic heterocycles. The molecule has 3 rings (SSSR count). The van der Waals surface area contributed by atoms with Gasteiger partial charge in [0, 0.05) is 24.7 Å². The van der Waals surface area contributed by atoms with Crippen LogP contribution in [0.2, 0.25) is 0 Å². The van der Waals surface area contributed by atoms with Crippen molar-refractivity contribution < 1.29 is 27.9 Å². The molecule has 0 spiro atoms. The van der Waals surface area contributed by atoms with Gasteiger partial charge < -0.3 is 15.0 Å². The number of halogens is 2. The van der Waals surface area contributed by atoms with Gasteiger partial charge in [-0.15, -0.1) is 0 Å². The Hall–Kier alpha value is -3.29. The van der Waals surface area contributed by atoms with Crippen molar-refractivity contribution >= 4 is 29.2 Å². The van der Waals surface area contributed by atoms with Crippen molar-refractivity contribution in [2.24, 2.45) is 5.92 Å². The van der Waals surface area contributed by atoms with Gasteiger partial charge in [0.15, 0.2) is 0 Å². The Kier molecular flexibility index (Phi) is 5.67. The molecule has 2 amide bonds. The van der Waals surface area contributed by atoms with Crippen molar-refractivity contribution in [3.63, 3.8) is 0 Å². The average Bonchev–Trinajstić information content (AvgIpc) is 3.04. The molecule has 28 heavy (non-hydrogen) atoms. The third-order valence-electron chi connectivity index (χ3n) is 4.34. The Bertz CT molecular complexity index is 932. The second-order valence-corrected chi connectivity index (χ2v) is 6.29. The predicted molar refractivity (Wildman–Crippen MR) is 97.8 cm³/mol. The lowest BCUT2D eigenvalue weighted by Crippen LogP contribution is -2.28. The van der Waals surface area contributed by atoms with Gasteiger partial charge in [-0.1, -0.05) is 6.07 Å². The molecule has 0 bridgehead atoms. The van der Waals surface area contributed by atoms with Gasteiger partial charge in [-0.3, -0.25) is 9.59 Å². The minimum atomic E-state index is -0.864. The van der Waals surface area contributed by atoms with Gasteiger partial charge in [0.2, 0.25) is 11.8 Å².